The van der Waals surface area contributed by atoms with Crippen molar-refractivity contribution in [1.29, 1.82) is 0 Å². The van der Waals surface area contributed by atoms with Crippen LogP contribution >= 0.6 is 0 Å². The minimum Gasteiger partial charge on any atom is -0.509 e. The number of fused-ring (bicyclic) bond motifs is 4. The molecule has 1 aliphatic rings. The normalized spacial score (nSPS) is 13.6. The second-order valence-corrected chi connectivity index (χ2v) is 16.3. The van der Waals surface area contributed by atoms with Gasteiger partial charge in [-0.15, -0.1) is 40.8 Å². The van der Waals surface area contributed by atoms with Gasteiger partial charge in [0.2, 0.25) is 0 Å². The van der Waals surface area contributed by atoms with Gasteiger partial charge in [0.05, 0.1) is 18.0 Å². The molecule has 2 aromatic heterocycles. The van der Waals surface area contributed by atoms with Gasteiger partial charge >= 0.3 is 21.1 Å². The van der Waals surface area contributed by atoms with E-state index in [1.54, 1.807) is 0 Å². The minimum absolute atomic E-state index is 0. The number of para-hydroxylation sites is 3. The maximum atomic E-state index is 6.97. The Morgan fingerprint density at radius 3 is 2.06 bits per heavy atom. The molecule has 0 saturated carbocycles. The van der Waals surface area contributed by atoms with Crippen molar-refractivity contribution in [2.75, 3.05) is 23.5 Å². The zero-order chi connectivity index (χ0) is 34.2. The number of hydrogen-bond acceptors (Lipinski definition) is 4. The topological polar surface area (TPSA) is 33.5 Å². The summed E-state index contributed by atoms with van der Waals surface area (Å²) >= 11 is 0. The van der Waals surface area contributed by atoms with E-state index in [2.05, 4.69) is 175 Å². The van der Waals surface area contributed by atoms with Crippen molar-refractivity contribution < 1.29 is 25.8 Å². The van der Waals surface area contributed by atoms with Crippen molar-refractivity contribution in [3.05, 3.63) is 114 Å². The fourth-order valence-corrected chi connectivity index (χ4v) is 6.66. The van der Waals surface area contributed by atoms with E-state index in [1.807, 2.05) is 6.20 Å². The molecular weight excluding hydrogens is 784 g/mol. The van der Waals surface area contributed by atoms with E-state index in [0.29, 0.717) is 11.5 Å². The predicted molar refractivity (Wildman–Crippen MR) is 201 cm³/mol. The quantitative estimate of drug-likeness (QED) is 0.166. The molecule has 49 heavy (non-hydrogen) atoms. The van der Waals surface area contributed by atoms with Crippen molar-refractivity contribution in [1.82, 2.24) is 9.55 Å². The molecule has 5 nitrogen and oxygen atoms in total. The van der Waals surface area contributed by atoms with E-state index in [9.17, 15) is 0 Å². The first-order valence-corrected chi connectivity index (χ1v) is 16.9. The molecule has 0 unspecified atom stereocenters. The molecule has 254 valence electrons. The molecule has 0 atom stereocenters. The molecule has 4 aromatic carbocycles. The summed E-state index contributed by atoms with van der Waals surface area (Å²) in [6, 6.07) is 35.6. The average molecular weight is 830 g/mol. The largest absolute Gasteiger partial charge is 2.00 e. The molecule has 3 heterocycles. The summed E-state index contributed by atoms with van der Waals surface area (Å²) in [6.07, 6.45) is 1.92. The molecule has 1 aliphatic heterocycles. The van der Waals surface area contributed by atoms with Gasteiger partial charge in [-0.2, -0.15) is 6.07 Å². The van der Waals surface area contributed by atoms with E-state index in [0.717, 1.165) is 40.2 Å². The zero-order valence-electron chi connectivity index (χ0n) is 30.3. The monoisotopic (exact) mass is 829 g/mol. The summed E-state index contributed by atoms with van der Waals surface area (Å²) in [7, 11) is 2.13. The molecular formula is C43H46N4OPt. The second kappa shape index (κ2) is 12.4. The maximum absolute atomic E-state index is 6.97. The van der Waals surface area contributed by atoms with Crippen molar-refractivity contribution in [3.63, 3.8) is 0 Å². The Morgan fingerprint density at radius 1 is 0.694 bits per heavy atom. The number of anilines is 3. The van der Waals surface area contributed by atoms with Crippen LogP contribution in [-0.4, -0.2) is 23.3 Å². The van der Waals surface area contributed by atoms with Gasteiger partial charge < -0.3 is 19.1 Å². The molecule has 0 spiro atoms. The second-order valence-electron chi connectivity index (χ2n) is 16.3. The Kier molecular flexibility index (Phi) is 8.77. The molecule has 0 radical (unpaired) electrons. The summed E-state index contributed by atoms with van der Waals surface area (Å²) in [4.78, 5) is 9.48. The number of ether oxygens (including phenoxy) is 1. The predicted octanol–water partition coefficient (Wildman–Crippen LogP) is 11.0. The van der Waals surface area contributed by atoms with Crippen molar-refractivity contribution in [2.24, 2.45) is 0 Å². The maximum Gasteiger partial charge on any atom is 2.00 e. The smallest absolute Gasteiger partial charge is 0.509 e. The first-order chi connectivity index (χ1) is 22.6. The Labute approximate surface area is 306 Å². The summed E-state index contributed by atoms with van der Waals surface area (Å²) in [6.45, 7) is 20.9. The Bertz CT molecular complexity index is 2180. The SMILES string of the molecule is CN1CN(c2[c-]c(Oc3[c-]c4c(cc3C(C)(C)C)c3ccccc3n4-c3cc(C(C)(C)C)ccn3)cc(C(C)(C)C)c2)c2ccccc21.[Pt+2]. The summed E-state index contributed by atoms with van der Waals surface area (Å²) in [5.41, 5.74) is 8.63. The third-order valence-corrected chi connectivity index (χ3v) is 9.46. The van der Waals surface area contributed by atoms with E-state index in [-0.39, 0.29) is 37.3 Å². The van der Waals surface area contributed by atoms with Crippen LogP contribution in [0.1, 0.15) is 79.0 Å². The number of benzene rings is 4. The van der Waals surface area contributed by atoms with Crippen LogP contribution in [0.2, 0.25) is 0 Å². The van der Waals surface area contributed by atoms with Crippen LogP contribution in [0.15, 0.2) is 85.1 Å². The van der Waals surface area contributed by atoms with Crippen molar-refractivity contribution in [3.8, 4) is 17.3 Å². The van der Waals surface area contributed by atoms with Crippen LogP contribution in [0.4, 0.5) is 17.1 Å². The summed E-state index contributed by atoms with van der Waals surface area (Å²) < 4.78 is 9.21. The number of hydrogen-bond donors (Lipinski definition) is 0. The first-order valence-electron chi connectivity index (χ1n) is 16.9. The van der Waals surface area contributed by atoms with Crippen LogP contribution in [0.5, 0.6) is 11.5 Å². The molecule has 0 bridgehead atoms. The molecule has 7 rings (SSSR count). The van der Waals surface area contributed by atoms with Crippen LogP contribution in [0, 0.1) is 12.1 Å². The van der Waals surface area contributed by atoms with Crippen LogP contribution < -0.4 is 14.5 Å². The number of rotatable bonds is 4. The molecule has 0 amide bonds. The minimum atomic E-state index is -0.200. The molecule has 6 heteroatoms. The molecule has 6 aromatic rings. The van der Waals surface area contributed by atoms with E-state index in [1.165, 1.54) is 27.9 Å². The van der Waals surface area contributed by atoms with Gasteiger partial charge in [0, 0.05) is 30.3 Å². The molecule has 0 fully saturated rings. The van der Waals surface area contributed by atoms with Gasteiger partial charge in [-0.1, -0.05) is 109 Å². The number of nitrogens with zero attached hydrogens (tertiary/aromatic N) is 4. The zero-order valence-corrected chi connectivity index (χ0v) is 32.6. The Hall–Kier alpha value is -4.08. The molecule has 0 N–H and O–H groups in total. The van der Waals surface area contributed by atoms with Crippen LogP contribution in [-0.2, 0) is 37.3 Å². The van der Waals surface area contributed by atoms with Gasteiger partial charge in [-0.05, 0) is 52.1 Å². The molecule has 0 saturated heterocycles. The van der Waals surface area contributed by atoms with Gasteiger partial charge in [-0.3, -0.25) is 0 Å². The Morgan fingerprint density at radius 2 is 1.37 bits per heavy atom. The van der Waals surface area contributed by atoms with Crippen molar-refractivity contribution >= 4 is 38.9 Å². The van der Waals surface area contributed by atoms with Crippen LogP contribution in [0.25, 0.3) is 27.6 Å². The fourth-order valence-electron chi connectivity index (χ4n) is 6.66. The van der Waals surface area contributed by atoms with Gasteiger partial charge in [-0.25, -0.2) is 4.98 Å². The first kappa shape index (κ1) is 34.8. The summed E-state index contributed by atoms with van der Waals surface area (Å²) in [5, 5.41) is 2.31. The average Bonchev–Trinajstić information content (AvgIpc) is 3.53. The van der Waals surface area contributed by atoms with E-state index in [4.69, 9.17) is 9.72 Å². The summed E-state index contributed by atoms with van der Waals surface area (Å²) in [5.74, 6) is 2.26. The van der Waals surface area contributed by atoms with Crippen LogP contribution in [0.3, 0.4) is 0 Å². The third kappa shape index (κ3) is 6.39. The van der Waals surface area contributed by atoms with Crippen molar-refractivity contribution in [2.45, 2.75) is 78.6 Å². The van der Waals surface area contributed by atoms with Gasteiger partial charge in [0.15, 0.2) is 0 Å². The third-order valence-electron chi connectivity index (χ3n) is 9.46. The van der Waals surface area contributed by atoms with E-state index >= 15 is 0 Å². The van der Waals surface area contributed by atoms with Gasteiger partial charge in [0.1, 0.15) is 5.82 Å². The van der Waals surface area contributed by atoms with E-state index < -0.39 is 0 Å². The molecule has 0 aliphatic carbocycles. The number of aromatic nitrogens is 2. The Balaban J connectivity index is 0.00000417. The number of pyridine rings is 1. The van der Waals surface area contributed by atoms with Gasteiger partial charge in [0.25, 0.3) is 0 Å². The fraction of sp³-hybridized carbons (Fsp3) is 0.326. The standard InChI is InChI=1S/C43H46N4O.Pt/c1-41(2,3)28-19-20-44-40(23-28)47-35-16-12-11-15-32(35)33-25-34(43(7,8)9)39(26-38(33)47)48-31-22-29(42(4,5)6)21-30(24-31)46-27-45(10)36-17-13-14-18-37(36)46;/h11-23,25H,27H2,1-10H3;/q-2;+2.